The number of non-ortho nitro benzene ring substituents is 1. The molecular formula is C15H22N2O3. The van der Waals surface area contributed by atoms with Crippen molar-refractivity contribution in [1.82, 2.24) is 5.32 Å². The van der Waals surface area contributed by atoms with Crippen molar-refractivity contribution >= 4 is 5.69 Å². The van der Waals surface area contributed by atoms with Gasteiger partial charge in [-0.1, -0.05) is 19.8 Å². The Balaban J connectivity index is 1.62. The number of nitro groups is 1. The van der Waals surface area contributed by atoms with Gasteiger partial charge in [-0.3, -0.25) is 10.1 Å². The van der Waals surface area contributed by atoms with Crippen molar-refractivity contribution in [2.45, 2.75) is 26.2 Å². The highest BCUT2D eigenvalue weighted by molar-refractivity contribution is 5.35. The van der Waals surface area contributed by atoms with E-state index in [0.717, 1.165) is 24.9 Å². The van der Waals surface area contributed by atoms with Crippen molar-refractivity contribution in [2.24, 2.45) is 11.8 Å². The summed E-state index contributed by atoms with van der Waals surface area (Å²) in [6, 6.07) is 6.19. The third-order valence-electron chi connectivity index (χ3n) is 4.04. The van der Waals surface area contributed by atoms with E-state index in [-0.39, 0.29) is 5.69 Å². The van der Waals surface area contributed by atoms with E-state index in [2.05, 4.69) is 12.2 Å². The molecule has 0 aromatic heterocycles. The molecule has 5 nitrogen and oxygen atoms in total. The molecule has 20 heavy (non-hydrogen) atoms. The van der Waals surface area contributed by atoms with Crippen LogP contribution < -0.4 is 10.1 Å². The molecule has 1 saturated carbocycles. The summed E-state index contributed by atoms with van der Waals surface area (Å²) in [6.45, 7) is 4.77. The maximum atomic E-state index is 10.5. The van der Waals surface area contributed by atoms with Gasteiger partial charge >= 0.3 is 0 Å². The van der Waals surface area contributed by atoms with Gasteiger partial charge in [0, 0.05) is 18.7 Å². The Morgan fingerprint density at radius 3 is 2.70 bits per heavy atom. The first-order chi connectivity index (χ1) is 9.66. The van der Waals surface area contributed by atoms with Crippen molar-refractivity contribution in [3.8, 4) is 5.75 Å². The molecule has 0 spiro atoms. The number of hydrogen-bond acceptors (Lipinski definition) is 4. The summed E-state index contributed by atoms with van der Waals surface area (Å²) in [5.41, 5.74) is 0.0886. The van der Waals surface area contributed by atoms with Crippen LogP contribution in [-0.4, -0.2) is 24.6 Å². The third-order valence-corrected chi connectivity index (χ3v) is 4.04. The topological polar surface area (TPSA) is 64.4 Å². The number of rotatable bonds is 7. The molecule has 1 fully saturated rings. The maximum absolute atomic E-state index is 10.5. The molecule has 0 aliphatic heterocycles. The number of nitro benzene ring substituents is 1. The average Bonchev–Trinajstić information content (AvgIpc) is 2.84. The highest BCUT2D eigenvalue weighted by atomic mass is 16.6. The Morgan fingerprint density at radius 2 is 2.10 bits per heavy atom. The van der Waals surface area contributed by atoms with E-state index in [0.29, 0.717) is 12.4 Å². The number of ether oxygens (including phenoxy) is 1. The Bertz CT molecular complexity index is 433. The molecule has 2 atom stereocenters. The lowest BCUT2D eigenvalue weighted by atomic mass is 9.98. The first kappa shape index (κ1) is 14.8. The molecule has 2 rings (SSSR count). The van der Waals surface area contributed by atoms with Crippen LogP contribution in [0.5, 0.6) is 5.75 Å². The molecule has 1 aromatic rings. The van der Waals surface area contributed by atoms with Gasteiger partial charge in [-0.2, -0.15) is 0 Å². The number of nitrogens with zero attached hydrogens (tertiary/aromatic N) is 1. The van der Waals surface area contributed by atoms with Crippen LogP contribution in [0.25, 0.3) is 0 Å². The minimum absolute atomic E-state index is 0.0886. The Kier molecular flexibility index (Phi) is 5.35. The summed E-state index contributed by atoms with van der Waals surface area (Å²) >= 11 is 0. The molecule has 5 heteroatoms. The van der Waals surface area contributed by atoms with Gasteiger partial charge in [-0.15, -0.1) is 0 Å². The van der Waals surface area contributed by atoms with E-state index in [1.807, 2.05) is 0 Å². The van der Waals surface area contributed by atoms with Gasteiger partial charge in [0.2, 0.25) is 0 Å². The minimum Gasteiger partial charge on any atom is -0.492 e. The van der Waals surface area contributed by atoms with Crippen LogP contribution in [0.4, 0.5) is 5.69 Å². The normalized spacial score (nSPS) is 21.9. The van der Waals surface area contributed by atoms with Crippen LogP contribution in [0.3, 0.4) is 0 Å². The quantitative estimate of drug-likeness (QED) is 0.473. The van der Waals surface area contributed by atoms with Crippen LogP contribution in [0.2, 0.25) is 0 Å². The van der Waals surface area contributed by atoms with Crippen molar-refractivity contribution in [3.63, 3.8) is 0 Å². The van der Waals surface area contributed by atoms with Crippen molar-refractivity contribution in [3.05, 3.63) is 34.4 Å². The van der Waals surface area contributed by atoms with E-state index < -0.39 is 4.92 Å². The zero-order valence-electron chi connectivity index (χ0n) is 11.9. The van der Waals surface area contributed by atoms with Crippen LogP contribution in [0.1, 0.15) is 26.2 Å². The average molecular weight is 278 g/mol. The first-order valence-corrected chi connectivity index (χ1v) is 7.25. The fraction of sp³-hybridized carbons (Fsp3) is 0.600. The van der Waals surface area contributed by atoms with Crippen LogP contribution >= 0.6 is 0 Å². The maximum Gasteiger partial charge on any atom is 0.269 e. The second-order valence-corrected chi connectivity index (χ2v) is 5.47. The van der Waals surface area contributed by atoms with Gasteiger partial charge in [0.15, 0.2) is 0 Å². The predicted octanol–water partition coefficient (Wildman–Crippen LogP) is 3.00. The SMILES string of the molecule is CC1CCCC1CNCCOc1ccc([N+](=O)[O-])cc1. The molecule has 0 amide bonds. The summed E-state index contributed by atoms with van der Waals surface area (Å²) < 4.78 is 5.55. The lowest BCUT2D eigenvalue weighted by molar-refractivity contribution is -0.384. The second kappa shape index (κ2) is 7.24. The summed E-state index contributed by atoms with van der Waals surface area (Å²) in [4.78, 5) is 10.1. The standard InChI is InChI=1S/C15H22N2O3/c1-12-3-2-4-13(12)11-16-9-10-20-15-7-5-14(6-8-15)17(18)19/h5-8,12-13,16H,2-4,9-11H2,1H3. The van der Waals surface area contributed by atoms with Crippen LogP contribution in [0.15, 0.2) is 24.3 Å². The highest BCUT2D eigenvalue weighted by Gasteiger charge is 2.22. The Hall–Kier alpha value is -1.62. The first-order valence-electron chi connectivity index (χ1n) is 7.25. The summed E-state index contributed by atoms with van der Waals surface area (Å²) in [7, 11) is 0. The number of hydrogen-bond donors (Lipinski definition) is 1. The molecule has 1 aliphatic rings. The number of nitrogens with one attached hydrogen (secondary N) is 1. The molecule has 1 aliphatic carbocycles. The third kappa shape index (κ3) is 4.20. The lowest BCUT2D eigenvalue weighted by Crippen LogP contribution is -2.28. The van der Waals surface area contributed by atoms with E-state index in [1.54, 1.807) is 12.1 Å². The summed E-state index contributed by atoms with van der Waals surface area (Å²) in [5, 5.41) is 13.9. The molecule has 1 aromatic carbocycles. The predicted molar refractivity (Wildman–Crippen MR) is 78.0 cm³/mol. The zero-order chi connectivity index (χ0) is 14.4. The lowest BCUT2D eigenvalue weighted by Gasteiger charge is -2.16. The van der Waals surface area contributed by atoms with Gasteiger partial charge in [0.1, 0.15) is 12.4 Å². The van der Waals surface area contributed by atoms with Gasteiger partial charge in [-0.05, 0) is 36.9 Å². The second-order valence-electron chi connectivity index (χ2n) is 5.47. The Labute approximate surface area is 119 Å². The van der Waals surface area contributed by atoms with Crippen molar-refractivity contribution in [2.75, 3.05) is 19.7 Å². The monoisotopic (exact) mass is 278 g/mol. The van der Waals surface area contributed by atoms with Gasteiger partial charge in [0.25, 0.3) is 5.69 Å². The van der Waals surface area contributed by atoms with Crippen molar-refractivity contribution in [1.29, 1.82) is 0 Å². The van der Waals surface area contributed by atoms with Crippen LogP contribution in [0, 0.1) is 22.0 Å². The molecule has 0 bridgehead atoms. The van der Waals surface area contributed by atoms with E-state index in [9.17, 15) is 10.1 Å². The minimum atomic E-state index is -0.409. The molecule has 0 radical (unpaired) electrons. The fourth-order valence-electron chi connectivity index (χ4n) is 2.72. The molecule has 1 N–H and O–H groups in total. The number of benzene rings is 1. The largest absolute Gasteiger partial charge is 0.492 e. The van der Waals surface area contributed by atoms with Crippen LogP contribution in [-0.2, 0) is 0 Å². The fourth-order valence-corrected chi connectivity index (χ4v) is 2.72. The highest BCUT2D eigenvalue weighted by Crippen LogP contribution is 2.30. The van der Waals surface area contributed by atoms with Gasteiger partial charge in [0.05, 0.1) is 4.92 Å². The van der Waals surface area contributed by atoms with Gasteiger partial charge in [-0.25, -0.2) is 0 Å². The van der Waals surface area contributed by atoms with E-state index in [4.69, 9.17) is 4.74 Å². The molecule has 110 valence electrons. The zero-order valence-corrected chi connectivity index (χ0v) is 11.9. The summed E-state index contributed by atoms with van der Waals surface area (Å²) in [5.74, 6) is 2.30. The van der Waals surface area contributed by atoms with Crippen molar-refractivity contribution < 1.29 is 9.66 Å². The van der Waals surface area contributed by atoms with E-state index >= 15 is 0 Å². The molecule has 2 unspecified atom stereocenters. The smallest absolute Gasteiger partial charge is 0.269 e. The summed E-state index contributed by atoms with van der Waals surface area (Å²) in [6.07, 6.45) is 4.04. The van der Waals surface area contributed by atoms with Gasteiger partial charge < -0.3 is 10.1 Å². The molecular weight excluding hydrogens is 256 g/mol. The molecule has 0 saturated heterocycles. The van der Waals surface area contributed by atoms with E-state index in [1.165, 1.54) is 31.4 Å². The molecule has 0 heterocycles. The Morgan fingerprint density at radius 1 is 1.35 bits per heavy atom.